The number of nitrogens with one attached hydrogen (secondary N) is 1. The third kappa shape index (κ3) is 4.63. The summed E-state index contributed by atoms with van der Waals surface area (Å²) in [5, 5.41) is 1.05. The second-order valence-electron chi connectivity index (χ2n) is 7.81. The van der Waals surface area contributed by atoms with Crippen molar-refractivity contribution in [1.82, 2.24) is 19.9 Å². The Balaban J connectivity index is 1.51. The van der Waals surface area contributed by atoms with E-state index in [1.165, 1.54) is 0 Å². The lowest BCUT2D eigenvalue weighted by Crippen LogP contribution is -2.37. The summed E-state index contributed by atoms with van der Waals surface area (Å²) in [6.07, 6.45) is 5.09. The van der Waals surface area contributed by atoms with Gasteiger partial charge >= 0.3 is 0 Å². The standard InChI is InChI=1S/C23H23N5O3S/c29-32(30,15-17-2-1-6-24-14-17)16-20-13-22(28-8-10-31-11-9-28)27-23(26-20)19-3-4-21-18(12-19)5-7-25-21/h1-7,12-14,25H,8-11,15-16H2. The number of rotatable bonds is 6. The largest absolute Gasteiger partial charge is 0.378 e. The second kappa shape index (κ2) is 8.68. The van der Waals surface area contributed by atoms with Gasteiger partial charge in [0.05, 0.1) is 30.4 Å². The molecule has 8 nitrogen and oxygen atoms in total. The Bertz CT molecular complexity index is 1330. The number of hydrogen-bond acceptors (Lipinski definition) is 7. The Hall–Kier alpha value is -3.30. The number of aromatic amines is 1. The fourth-order valence-corrected chi connectivity index (χ4v) is 5.23. The molecule has 0 atom stereocenters. The predicted molar refractivity (Wildman–Crippen MR) is 123 cm³/mol. The highest BCUT2D eigenvalue weighted by molar-refractivity contribution is 7.89. The number of hydrogen-bond donors (Lipinski definition) is 1. The van der Waals surface area contributed by atoms with Crippen molar-refractivity contribution >= 4 is 26.6 Å². The van der Waals surface area contributed by atoms with E-state index in [1.807, 2.05) is 30.5 Å². The molecule has 0 bridgehead atoms. The molecule has 1 N–H and O–H groups in total. The molecule has 1 aliphatic rings. The summed E-state index contributed by atoms with van der Waals surface area (Å²) in [6, 6.07) is 13.2. The third-order valence-electron chi connectivity index (χ3n) is 5.39. The number of ether oxygens (including phenoxy) is 1. The minimum Gasteiger partial charge on any atom is -0.378 e. The summed E-state index contributed by atoms with van der Waals surface area (Å²) in [5.74, 6) is 0.992. The molecule has 164 valence electrons. The molecule has 0 amide bonds. The number of H-pyrrole nitrogens is 1. The molecule has 32 heavy (non-hydrogen) atoms. The maximum Gasteiger partial charge on any atom is 0.161 e. The monoisotopic (exact) mass is 449 g/mol. The number of fused-ring (bicyclic) bond motifs is 1. The van der Waals surface area contributed by atoms with Crippen molar-refractivity contribution in [2.24, 2.45) is 0 Å². The molecule has 1 saturated heterocycles. The van der Waals surface area contributed by atoms with Crippen molar-refractivity contribution < 1.29 is 13.2 Å². The van der Waals surface area contributed by atoms with Crippen LogP contribution in [0.2, 0.25) is 0 Å². The maximum atomic E-state index is 12.9. The van der Waals surface area contributed by atoms with Gasteiger partial charge in [0.1, 0.15) is 5.82 Å². The van der Waals surface area contributed by atoms with Crippen molar-refractivity contribution in [3.63, 3.8) is 0 Å². The number of morpholine rings is 1. The first-order valence-electron chi connectivity index (χ1n) is 10.4. The molecule has 4 aromatic rings. The van der Waals surface area contributed by atoms with E-state index in [-0.39, 0.29) is 11.5 Å². The van der Waals surface area contributed by atoms with E-state index in [0.29, 0.717) is 43.4 Å². The zero-order valence-corrected chi connectivity index (χ0v) is 18.3. The van der Waals surface area contributed by atoms with Crippen LogP contribution >= 0.6 is 0 Å². The molecule has 1 aromatic carbocycles. The van der Waals surface area contributed by atoms with Gasteiger partial charge in [-0.05, 0) is 35.9 Å². The quantitative estimate of drug-likeness (QED) is 0.483. The number of benzene rings is 1. The summed E-state index contributed by atoms with van der Waals surface area (Å²) in [7, 11) is -3.44. The number of pyridine rings is 1. The van der Waals surface area contributed by atoms with Gasteiger partial charge in [-0.2, -0.15) is 0 Å². The number of sulfone groups is 1. The molecule has 4 heterocycles. The molecule has 3 aromatic heterocycles. The van der Waals surface area contributed by atoms with Crippen LogP contribution in [0, 0.1) is 0 Å². The Labute approximate surface area is 186 Å². The van der Waals surface area contributed by atoms with Gasteiger partial charge in [-0.1, -0.05) is 6.07 Å². The highest BCUT2D eigenvalue weighted by Gasteiger charge is 2.20. The molecule has 0 saturated carbocycles. The maximum absolute atomic E-state index is 12.9. The molecule has 0 radical (unpaired) electrons. The van der Waals surface area contributed by atoms with Crippen LogP contribution in [-0.4, -0.2) is 54.7 Å². The van der Waals surface area contributed by atoms with Crippen molar-refractivity contribution in [3.8, 4) is 11.4 Å². The topological polar surface area (TPSA) is 101 Å². The average molecular weight is 450 g/mol. The fourth-order valence-electron chi connectivity index (χ4n) is 3.85. The van der Waals surface area contributed by atoms with E-state index in [0.717, 1.165) is 22.3 Å². The molecule has 0 unspecified atom stereocenters. The molecule has 0 aliphatic carbocycles. The van der Waals surface area contributed by atoms with E-state index >= 15 is 0 Å². The van der Waals surface area contributed by atoms with Crippen LogP contribution in [0.4, 0.5) is 5.82 Å². The first kappa shape index (κ1) is 20.6. The normalized spacial score (nSPS) is 14.7. The van der Waals surface area contributed by atoms with Crippen LogP contribution in [0.1, 0.15) is 11.3 Å². The summed E-state index contributed by atoms with van der Waals surface area (Å²) < 4.78 is 31.3. The van der Waals surface area contributed by atoms with Gasteiger partial charge in [0.15, 0.2) is 15.7 Å². The van der Waals surface area contributed by atoms with Crippen LogP contribution in [0.3, 0.4) is 0 Å². The van der Waals surface area contributed by atoms with Crippen LogP contribution in [0.5, 0.6) is 0 Å². The van der Waals surface area contributed by atoms with Crippen LogP contribution in [0.25, 0.3) is 22.3 Å². The van der Waals surface area contributed by atoms with Gasteiger partial charge < -0.3 is 14.6 Å². The van der Waals surface area contributed by atoms with Crippen LogP contribution in [0.15, 0.2) is 61.1 Å². The van der Waals surface area contributed by atoms with E-state index in [4.69, 9.17) is 9.72 Å². The van der Waals surface area contributed by atoms with Gasteiger partial charge in [0.2, 0.25) is 0 Å². The second-order valence-corrected chi connectivity index (χ2v) is 9.88. The minimum absolute atomic E-state index is 0.0810. The lowest BCUT2D eigenvalue weighted by Gasteiger charge is -2.28. The molecule has 1 fully saturated rings. The molecule has 5 rings (SSSR count). The average Bonchev–Trinajstić information content (AvgIpc) is 3.27. The number of nitrogens with zero attached hydrogens (tertiary/aromatic N) is 4. The van der Waals surface area contributed by atoms with E-state index in [2.05, 4.69) is 19.9 Å². The van der Waals surface area contributed by atoms with Crippen molar-refractivity contribution in [3.05, 3.63) is 72.3 Å². The van der Waals surface area contributed by atoms with Gasteiger partial charge in [0, 0.05) is 54.2 Å². The molecule has 0 spiro atoms. The van der Waals surface area contributed by atoms with E-state index < -0.39 is 9.84 Å². The number of anilines is 1. The van der Waals surface area contributed by atoms with Gasteiger partial charge in [0.25, 0.3) is 0 Å². The van der Waals surface area contributed by atoms with Gasteiger partial charge in [-0.25, -0.2) is 18.4 Å². The first-order valence-corrected chi connectivity index (χ1v) is 12.3. The lowest BCUT2D eigenvalue weighted by atomic mass is 10.1. The van der Waals surface area contributed by atoms with Crippen molar-refractivity contribution in [2.45, 2.75) is 11.5 Å². The highest BCUT2D eigenvalue weighted by Crippen LogP contribution is 2.25. The SMILES string of the molecule is O=S(=O)(Cc1cccnc1)Cc1cc(N2CCOCC2)nc(-c2ccc3[nH]ccc3c2)n1. The van der Waals surface area contributed by atoms with Crippen molar-refractivity contribution in [1.29, 1.82) is 0 Å². The lowest BCUT2D eigenvalue weighted by molar-refractivity contribution is 0.122. The Kier molecular flexibility index (Phi) is 5.59. The minimum atomic E-state index is -3.44. The zero-order valence-electron chi connectivity index (χ0n) is 17.4. The van der Waals surface area contributed by atoms with Crippen LogP contribution < -0.4 is 4.90 Å². The molecular weight excluding hydrogens is 426 g/mol. The summed E-state index contributed by atoms with van der Waals surface area (Å²) in [5.41, 5.74) is 3.01. The predicted octanol–water partition coefficient (Wildman–Crippen LogP) is 2.97. The summed E-state index contributed by atoms with van der Waals surface area (Å²) >= 11 is 0. The Morgan fingerprint density at radius 1 is 1.03 bits per heavy atom. The summed E-state index contributed by atoms with van der Waals surface area (Å²) in [4.78, 5) is 18.7. The smallest absolute Gasteiger partial charge is 0.161 e. The molecular formula is C23H23N5O3S. The Morgan fingerprint density at radius 3 is 2.72 bits per heavy atom. The highest BCUT2D eigenvalue weighted by atomic mass is 32.2. The fraction of sp³-hybridized carbons (Fsp3) is 0.261. The molecule has 1 aliphatic heterocycles. The number of aromatic nitrogens is 4. The van der Waals surface area contributed by atoms with Gasteiger partial charge in [-0.3, -0.25) is 4.98 Å². The van der Waals surface area contributed by atoms with Gasteiger partial charge in [-0.15, -0.1) is 0 Å². The zero-order chi connectivity index (χ0) is 22.0. The summed E-state index contributed by atoms with van der Waals surface area (Å²) in [6.45, 7) is 2.64. The van der Waals surface area contributed by atoms with Crippen molar-refractivity contribution in [2.75, 3.05) is 31.2 Å². The Morgan fingerprint density at radius 2 is 1.91 bits per heavy atom. The van der Waals surface area contributed by atoms with Crippen LogP contribution in [-0.2, 0) is 26.1 Å². The van der Waals surface area contributed by atoms with E-state index in [9.17, 15) is 8.42 Å². The molecule has 9 heteroatoms. The third-order valence-corrected chi connectivity index (χ3v) is 6.90. The first-order chi connectivity index (χ1) is 15.6. The van der Waals surface area contributed by atoms with E-state index in [1.54, 1.807) is 30.6 Å².